The summed E-state index contributed by atoms with van der Waals surface area (Å²) >= 11 is 5.91. The summed E-state index contributed by atoms with van der Waals surface area (Å²) in [5.41, 5.74) is 1.85. The molecular weight excluding hydrogens is 432 g/mol. The second kappa shape index (κ2) is 9.24. The lowest BCUT2D eigenvalue weighted by Crippen LogP contribution is -2.02. The summed E-state index contributed by atoms with van der Waals surface area (Å²) in [6, 6.07) is 17.4. The molecule has 0 aliphatic heterocycles. The van der Waals surface area contributed by atoms with Gasteiger partial charge in [0.25, 0.3) is 0 Å². The fourth-order valence-corrected chi connectivity index (χ4v) is 3.46. The summed E-state index contributed by atoms with van der Waals surface area (Å²) in [7, 11) is 4.59. The summed E-state index contributed by atoms with van der Waals surface area (Å²) < 4.78 is 28.0. The number of halogens is 1. The molecule has 0 fully saturated rings. The van der Waals surface area contributed by atoms with Gasteiger partial charge in [-0.05, 0) is 48.0 Å². The molecule has 0 amide bonds. The molecule has 6 nitrogen and oxygen atoms in total. The van der Waals surface area contributed by atoms with Crippen molar-refractivity contribution in [3.63, 3.8) is 0 Å². The molecule has 0 N–H and O–H groups in total. The molecule has 1 aromatic heterocycles. The van der Waals surface area contributed by atoms with Crippen molar-refractivity contribution < 1.29 is 23.4 Å². The first kappa shape index (κ1) is 21.6. The fourth-order valence-electron chi connectivity index (χ4n) is 3.34. The summed E-state index contributed by atoms with van der Waals surface area (Å²) in [6.45, 7) is 0.359. The molecule has 0 atom stereocenters. The van der Waals surface area contributed by atoms with Crippen molar-refractivity contribution in [2.75, 3.05) is 21.3 Å². The molecule has 4 aromatic rings. The number of rotatable bonds is 7. The number of benzene rings is 3. The van der Waals surface area contributed by atoms with E-state index in [0.717, 1.165) is 5.56 Å². The topological polar surface area (TPSA) is 67.1 Å². The van der Waals surface area contributed by atoms with Gasteiger partial charge in [0, 0.05) is 16.7 Å². The second-order valence-electron chi connectivity index (χ2n) is 6.96. The van der Waals surface area contributed by atoms with Crippen LogP contribution in [0, 0.1) is 0 Å². The van der Waals surface area contributed by atoms with Gasteiger partial charge in [-0.1, -0.05) is 23.7 Å². The first-order valence-corrected chi connectivity index (χ1v) is 10.2. The number of hydrogen-bond acceptors (Lipinski definition) is 6. The normalized spacial score (nSPS) is 10.8. The molecule has 0 radical (unpaired) electrons. The van der Waals surface area contributed by atoms with Crippen molar-refractivity contribution in [1.82, 2.24) is 0 Å². The Kier molecular flexibility index (Phi) is 6.23. The van der Waals surface area contributed by atoms with E-state index in [-0.39, 0.29) is 5.43 Å². The van der Waals surface area contributed by atoms with E-state index in [1.54, 1.807) is 42.5 Å². The third-order valence-corrected chi connectivity index (χ3v) is 5.22. The number of methoxy groups -OCH3 is 3. The van der Waals surface area contributed by atoms with Crippen molar-refractivity contribution in [3.8, 4) is 34.3 Å². The largest absolute Gasteiger partial charge is 0.493 e. The molecule has 0 spiro atoms. The van der Waals surface area contributed by atoms with E-state index in [9.17, 15) is 4.79 Å². The minimum Gasteiger partial charge on any atom is -0.493 e. The van der Waals surface area contributed by atoms with Crippen LogP contribution in [0.25, 0.3) is 22.3 Å². The van der Waals surface area contributed by atoms with Crippen molar-refractivity contribution >= 4 is 22.6 Å². The molecular formula is C25H21ClO6. The molecule has 4 rings (SSSR count). The predicted octanol–water partition coefficient (Wildman–Crippen LogP) is 5.72. The molecule has 0 aliphatic rings. The first-order chi connectivity index (χ1) is 15.5. The number of ether oxygens (including phenoxy) is 4. The Labute approximate surface area is 189 Å². The van der Waals surface area contributed by atoms with Crippen LogP contribution in [-0.2, 0) is 6.61 Å². The van der Waals surface area contributed by atoms with Gasteiger partial charge in [0.1, 0.15) is 23.7 Å². The average molecular weight is 453 g/mol. The standard InChI is InChI=1S/C25H21ClO6/c1-28-23-10-16(11-24(29-2)25(23)30-3)22-13-20(27)19-12-18(8-9-21(19)32-22)31-14-15-4-6-17(26)7-5-15/h4-13H,14H2,1-3H3. The fraction of sp³-hybridized carbons (Fsp3) is 0.160. The van der Waals surface area contributed by atoms with Gasteiger partial charge in [0.2, 0.25) is 5.75 Å². The minimum absolute atomic E-state index is 0.188. The average Bonchev–Trinajstić information content (AvgIpc) is 2.82. The number of hydrogen-bond donors (Lipinski definition) is 0. The zero-order valence-electron chi connectivity index (χ0n) is 17.8. The summed E-state index contributed by atoms with van der Waals surface area (Å²) in [5, 5.41) is 1.09. The minimum atomic E-state index is -0.188. The molecule has 0 bridgehead atoms. The van der Waals surface area contributed by atoms with E-state index in [0.29, 0.717) is 56.9 Å². The Morgan fingerprint density at radius 1 is 0.844 bits per heavy atom. The predicted molar refractivity (Wildman–Crippen MR) is 123 cm³/mol. The smallest absolute Gasteiger partial charge is 0.203 e. The SMILES string of the molecule is COc1cc(-c2cc(=O)c3cc(OCc4ccc(Cl)cc4)ccc3o2)cc(OC)c1OC. The molecule has 7 heteroatoms. The quantitative estimate of drug-likeness (QED) is 0.357. The van der Waals surface area contributed by atoms with Gasteiger partial charge in [-0.25, -0.2) is 0 Å². The highest BCUT2D eigenvalue weighted by atomic mass is 35.5. The lowest BCUT2D eigenvalue weighted by molar-refractivity contribution is 0.306. The maximum Gasteiger partial charge on any atom is 0.203 e. The maximum atomic E-state index is 12.9. The maximum absolute atomic E-state index is 12.9. The summed E-state index contributed by atoms with van der Waals surface area (Å²) in [4.78, 5) is 12.9. The first-order valence-electron chi connectivity index (χ1n) is 9.78. The van der Waals surface area contributed by atoms with Crippen LogP contribution in [0.1, 0.15) is 5.56 Å². The third-order valence-electron chi connectivity index (χ3n) is 4.97. The van der Waals surface area contributed by atoms with Crippen LogP contribution < -0.4 is 24.4 Å². The van der Waals surface area contributed by atoms with E-state index in [1.165, 1.54) is 27.4 Å². The van der Waals surface area contributed by atoms with Crippen LogP contribution >= 0.6 is 11.6 Å². The van der Waals surface area contributed by atoms with E-state index >= 15 is 0 Å². The highest BCUT2D eigenvalue weighted by molar-refractivity contribution is 6.30. The van der Waals surface area contributed by atoms with E-state index in [2.05, 4.69) is 0 Å². The Morgan fingerprint density at radius 2 is 1.53 bits per heavy atom. The van der Waals surface area contributed by atoms with Gasteiger partial charge < -0.3 is 23.4 Å². The summed E-state index contributed by atoms with van der Waals surface area (Å²) in [5.74, 6) is 2.35. The molecule has 0 saturated carbocycles. The van der Waals surface area contributed by atoms with Crippen molar-refractivity contribution in [1.29, 1.82) is 0 Å². The van der Waals surface area contributed by atoms with Gasteiger partial charge in [-0.3, -0.25) is 4.79 Å². The Morgan fingerprint density at radius 3 is 2.16 bits per heavy atom. The van der Waals surface area contributed by atoms with Gasteiger partial charge >= 0.3 is 0 Å². The highest BCUT2D eigenvalue weighted by Gasteiger charge is 2.16. The van der Waals surface area contributed by atoms with Crippen LogP contribution in [0.4, 0.5) is 0 Å². The summed E-state index contributed by atoms with van der Waals surface area (Å²) in [6.07, 6.45) is 0. The molecule has 3 aromatic carbocycles. The Hall–Kier alpha value is -3.64. The Balaban J connectivity index is 1.67. The van der Waals surface area contributed by atoms with Gasteiger partial charge in [-0.2, -0.15) is 0 Å². The van der Waals surface area contributed by atoms with Crippen LogP contribution in [-0.4, -0.2) is 21.3 Å². The van der Waals surface area contributed by atoms with E-state index in [1.807, 2.05) is 12.1 Å². The van der Waals surface area contributed by atoms with Crippen molar-refractivity contribution in [3.05, 3.63) is 81.5 Å². The lowest BCUT2D eigenvalue weighted by Gasteiger charge is -2.14. The van der Waals surface area contributed by atoms with Crippen molar-refractivity contribution in [2.45, 2.75) is 6.61 Å². The number of fused-ring (bicyclic) bond motifs is 1. The van der Waals surface area contributed by atoms with Crippen LogP contribution in [0.5, 0.6) is 23.0 Å². The third kappa shape index (κ3) is 4.36. The van der Waals surface area contributed by atoms with Gasteiger partial charge in [-0.15, -0.1) is 0 Å². The molecule has 164 valence electrons. The highest BCUT2D eigenvalue weighted by Crippen LogP contribution is 2.41. The molecule has 0 saturated heterocycles. The van der Waals surface area contributed by atoms with Gasteiger partial charge in [0.05, 0.1) is 26.7 Å². The van der Waals surface area contributed by atoms with E-state index < -0.39 is 0 Å². The van der Waals surface area contributed by atoms with Crippen LogP contribution in [0.3, 0.4) is 0 Å². The molecule has 0 aliphatic carbocycles. The molecule has 32 heavy (non-hydrogen) atoms. The zero-order chi connectivity index (χ0) is 22.7. The van der Waals surface area contributed by atoms with Crippen LogP contribution in [0.2, 0.25) is 5.02 Å². The van der Waals surface area contributed by atoms with Gasteiger partial charge in [0.15, 0.2) is 16.9 Å². The Bertz CT molecular complexity index is 1290. The second-order valence-corrected chi connectivity index (χ2v) is 7.40. The molecule has 0 unspecified atom stereocenters. The zero-order valence-corrected chi connectivity index (χ0v) is 18.6. The van der Waals surface area contributed by atoms with E-state index in [4.69, 9.17) is 35.0 Å². The van der Waals surface area contributed by atoms with Crippen molar-refractivity contribution in [2.24, 2.45) is 0 Å². The molecule has 1 heterocycles. The monoisotopic (exact) mass is 452 g/mol. The van der Waals surface area contributed by atoms with Crippen LogP contribution in [0.15, 0.2) is 69.9 Å². The lowest BCUT2D eigenvalue weighted by atomic mass is 10.1.